The zero-order chi connectivity index (χ0) is 11.4. The smallest absolute Gasteiger partial charge is 0.123 e. The predicted octanol–water partition coefficient (Wildman–Crippen LogP) is 2.81. The molecule has 1 aromatic rings. The molecule has 0 atom stereocenters. The minimum absolute atomic E-state index is 0.490. The molecular weight excluding hydrogens is 222 g/mol. The molecule has 2 nitrogen and oxygen atoms in total. The third-order valence-corrected chi connectivity index (χ3v) is 3.15. The summed E-state index contributed by atoms with van der Waals surface area (Å²) in [7, 11) is 1.69. The molecule has 0 spiro atoms. The van der Waals surface area contributed by atoms with E-state index in [2.05, 4.69) is 23.5 Å². The average Bonchev–Trinajstić information content (AvgIpc) is 2.39. The van der Waals surface area contributed by atoms with Crippen LogP contribution in [0.4, 0.5) is 0 Å². The van der Waals surface area contributed by atoms with Gasteiger partial charge in [0.15, 0.2) is 0 Å². The normalized spacial score (nSPS) is 15.8. The van der Waals surface area contributed by atoms with E-state index >= 15 is 0 Å². The summed E-state index contributed by atoms with van der Waals surface area (Å²) < 4.78 is 5.34. The molecule has 0 amide bonds. The lowest BCUT2D eigenvalue weighted by Gasteiger charge is -2.16. The Balaban J connectivity index is 2.31. The number of halogens is 1. The summed E-state index contributed by atoms with van der Waals surface area (Å²) in [5.74, 6) is 1.37. The average molecular weight is 238 g/mol. The molecule has 1 aromatic carbocycles. The molecule has 1 aliphatic rings. The molecule has 0 radical (unpaired) electrons. The van der Waals surface area contributed by atoms with Crippen molar-refractivity contribution in [3.05, 3.63) is 35.4 Å². The summed E-state index contributed by atoms with van der Waals surface area (Å²) in [5.41, 5.74) is 3.67. The Hall–Kier alpha value is -0.990. The number of rotatable bonds is 3. The molecule has 0 fully saturated rings. The lowest BCUT2D eigenvalue weighted by atomic mass is 9.99. The van der Waals surface area contributed by atoms with Gasteiger partial charge in [0.1, 0.15) is 5.75 Å². The second kappa shape index (κ2) is 5.37. The minimum Gasteiger partial charge on any atom is -0.496 e. The highest BCUT2D eigenvalue weighted by Crippen LogP contribution is 2.27. The number of ether oxygens (including phenoxy) is 1. The third kappa shape index (κ3) is 2.39. The first kappa shape index (κ1) is 11.5. The second-order valence-electron chi connectivity index (χ2n) is 3.84. The first-order chi connectivity index (χ1) is 7.85. The van der Waals surface area contributed by atoms with E-state index in [0.717, 1.165) is 30.8 Å². The largest absolute Gasteiger partial charge is 0.496 e. The molecule has 0 bridgehead atoms. The summed E-state index contributed by atoms with van der Waals surface area (Å²) >= 11 is 5.84. The fourth-order valence-corrected chi connectivity index (χ4v) is 2.16. The molecule has 1 heterocycles. The van der Waals surface area contributed by atoms with Gasteiger partial charge in [0.25, 0.3) is 0 Å². The Morgan fingerprint density at radius 3 is 2.94 bits per heavy atom. The van der Waals surface area contributed by atoms with E-state index in [1.54, 1.807) is 7.11 Å². The van der Waals surface area contributed by atoms with Crippen molar-refractivity contribution >= 4 is 17.2 Å². The summed E-state index contributed by atoms with van der Waals surface area (Å²) in [5, 5.41) is 3.31. The SMILES string of the molecule is COc1cc(C2=CCNCC2)ccc1CCl. The standard InChI is InChI=1S/C13H16ClNO/c1-16-13-8-11(2-3-12(13)9-14)10-4-6-15-7-5-10/h2-4,8,15H,5-7,9H2,1H3. The van der Waals surface area contributed by atoms with Gasteiger partial charge in [0.05, 0.1) is 13.0 Å². The Kier molecular flexibility index (Phi) is 3.86. The minimum atomic E-state index is 0.490. The number of methoxy groups -OCH3 is 1. The van der Waals surface area contributed by atoms with Gasteiger partial charge in [-0.15, -0.1) is 11.6 Å². The summed E-state index contributed by atoms with van der Waals surface area (Å²) in [6.45, 7) is 2.00. The Bertz CT molecular complexity index is 401. The van der Waals surface area contributed by atoms with Gasteiger partial charge in [0, 0.05) is 12.1 Å². The number of hydrogen-bond acceptors (Lipinski definition) is 2. The molecule has 0 saturated carbocycles. The van der Waals surface area contributed by atoms with E-state index in [-0.39, 0.29) is 0 Å². The van der Waals surface area contributed by atoms with Crippen LogP contribution in [-0.4, -0.2) is 20.2 Å². The maximum Gasteiger partial charge on any atom is 0.123 e. The molecule has 1 aliphatic heterocycles. The predicted molar refractivity (Wildman–Crippen MR) is 68.0 cm³/mol. The van der Waals surface area contributed by atoms with Crippen LogP contribution in [0.15, 0.2) is 24.3 Å². The topological polar surface area (TPSA) is 21.3 Å². The fourth-order valence-electron chi connectivity index (χ4n) is 1.94. The first-order valence-electron chi connectivity index (χ1n) is 5.48. The maximum atomic E-state index is 5.84. The van der Waals surface area contributed by atoms with Crippen molar-refractivity contribution in [2.24, 2.45) is 0 Å². The molecule has 2 rings (SSSR count). The van der Waals surface area contributed by atoms with Gasteiger partial charge in [0.2, 0.25) is 0 Å². The van der Waals surface area contributed by atoms with Crippen molar-refractivity contribution in [1.82, 2.24) is 5.32 Å². The molecule has 0 aliphatic carbocycles. The van der Waals surface area contributed by atoms with E-state index in [1.807, 2.05) is 6.07 Å². The Morgan fingerprint density at radius 2 is 2.31 bits per heavy atom. The van der Waals surface area contributed by atoms with Gasteiger partial charge in [-0.25, -0.2) is 0 Å². The van der Waals surface area contributed by atoms with E-state index < -0.39 is 0 Å². The molecule has 16 heavy (non-hydrogen) atoms. The molecule has 1 N–H and O–H groups in total. The number of benzene rings is 1. The second-order valence-corrected chi connectivity index (χ2v) is 4.11. The van der Waals surface area contributed by atoms with Crippen molar-refractivity contribution in [2.75, 3.05) is 20.2 Å². The fraction of sp³-hybridized carbons (Fsp3) is 0.385. The molecule has 86 valence electrons. The van der Waals surface area contributed by atoms with Crippen LogP contribution in [0, 0.1) is 0 Å². The maximum absolute atomic E-state index is 5.84. The van der Waals surface area contributed by atoms with Crippen molar-refractivity contribution in [1.29, 1.82) is 0 Å². The van der Waals surface area contributed by atoms with Gasteiger partial charge >= 0.3 is 0 Å². The van der Waals surface area contributed by atoms with Crippen molar-refractivity contribution in [3.8, 4) is 5.75 Å². The lowest BCUT2D eigenvalue weighted by Crippen LogP contribution is -2.20. The van der Waals surface area contributed by atoms with Crippen LogP contribution in [0.25, 0.3) is 5.57 Å². The van der Waals surface area contributed by atoms with Crippen molar-refractivity contribution in [2.45, 2.75) is 12.3 Å². The monoisotopic (exact) mass is 237 g/mol. The lowest BCUT2D eigenvalue weighted by molar-refractivity contribution is 0.411. The molecule has 0 saturated heterocycles. The Morgan fingerprint density at radius 1 is 1.44 bits per heavy atom. The first-order valence-corrected chi connectivity index (χ1v) is 6.01. The number of nitrogens with one attached hydrogen (secondary N) is 1. The summed E-state index contributed by atoms with van der Waals surface area (Å²) in [6, 6.07) is 6.25. The van der Waals surface area contributed by atoms with Crippen LogP contribution in [0.3, 0.4) is 0 Å². The quantitative estimate of drug-likeness (QED) is 0.817. The molecular formula is C13H16ClNO. The van der Waals surface area contributed by atoms with E-state index in [1.165, 1.54) is 11.1 Å². The van der Waals surface area contributed by atoms with Gasteiger partial charge in [-0.1, -0.05) is 18.2 Å². The number of alkyl halides is 1. The highest BCUT2D eigenvalue weighted by atomic mass is 35.5. The van der Waals surface area contributed by atoms with Crippen LogP contribution in [0.2, 0.25) is 0 Å². The number of hydrogen-bond donors (Lipinski definition) is 1. The van der Waals surface area contributed by atoms with Crippen molar-refractivity contribution in [3.63, 3.8) is 0 Å². The van der Waals surface area contributed by atoms with Gasteiger partial charge in [-0.05, 0) is 30.2 Å². The van der Waals surface area contributed by atoms with Gasteiger partial charge in [-0.3, -0.25) is 0 Å². The Labute approximate surface area is 101 Å². The zero-order valence-electron chi connectivity index (χ0n) is 9.42. The van der Waals surface area contributed by atoms with E-state index in [9.17, 15) is 0 Å². The highest BCUT2D eigenvalue weighted by Gasteiger charge is 2.09. The third-order valence-electron chi connectivity index (χ3n) is 2.87. The van der Waals surface area contributed by atoms with Gasteiger partial charge in [-0.2, -0.15) is 0 Å². The van der Waals surface area contributed by atoms with E-state index in [0.29, 0.717) is 5.88 Å². The summed E-state index contributed by atoms with van der Waals surface area (Å²) in [6.07, 6.45) is 3.31. The van der Waals surface area contributed by atoms with Crippen molar-refractivity contribution < 1.29 is 4.74 Å². The van der Waals surface area contributed by atoms with Crippen LogP contribution in [0.1, 0.15) is 17.5 Å². The molecule has 0 aromatic heterocycles. The van der Waals surface area contributed by atoms with Crippen LogP contribution in [0.5, 0.6) is 5.75 Å². The zero-order valence-corrected chi connectivity index (χ0v) is 10.2. The van der Waals surface area contributed by atoms with Crippen LogP contribution < -0.4 is 10.1 Å². The highest BCUT2D eigenvalue weighted by molar-refractivity contribution is 6.17. The van der Waals surface area contributed by atoms with Gasteiger partial charge < -0.3 is 10.1 Å². The molecule has 3 heteroatoms. The van der Waals surface area contributed by atoms with E-state index in [4.69, 9.17) is 16.3 Å². The van der Waals surface area contributed by atoms with Crippen LogP contribution >= 0.6 is 11.6 Å². The summed E-state index contributed by atoms with van der Waals surface area (Å²) in [4.78, 5) is 0. The van der Waals surface area contributed by atoms with Crippen LogP contribution in [-0.2, 0) is 5.88 Å². The molecule has 0 unspecified atom stereocenters.